The van der Waals surface area contributed by atoms with Crippen molar-refractivity contribution < 1.29 is 22.7 Å². The molecule has 0 saturated carbocycles. The van der Waals surface area contributed by atoms with Gasteiger partial charge in [-0.1, -0.05) is 18.5 Å². The molecule has 0 aromatic heterocycles. The largest absolute Gasteiger partial charge is 0.492 e. The van der Waals surface area contributed by atoms with Gasteiger partial charge in [-0.25, -0.2) is 8.42 Å². The van der Waals surface area contributed by atoms with Crippen molar-refractivity contribution in [3.63, 3.8) is 0 Å². The van der Waals surface area contributed by atoms with Crippen molar-refractivity contribution in [1.29, 1.82) is 0 Å². The van der Waals surface area contributed by atoms with Crippen LogP contribution in [-0.2, 0) is 19.6 Å². The van der Waals surface area contributed by atoms with Crippen LogP contribution in [0.3, 0.4) is 0 Å². The van der Waals surface area contributed by atoms with Gasteiger partial charge in [0.1, 0.15) is 5.75 Å². The molecule has 0 radical (unpaired) electrons. The molecule has 25 heavy (non-hydrogen) atoms. The molecule has 0 spiro atoms. The second kappa shape index (κ2) is 8.87. The normalized spacial score (nSPS) is 16.6. The maximum Gasteiger partial charge on any atom is 0.309 e. The molecular weight excluding hydrogens is 366 g/mol. The Bertz CT molecular complexity index is 699. The van der Waals surface area contributed by atoms with Crippen LogP contribution in [0.1, 0.15) is 33.1 Å². The molecule has 1 saturated heterocycles. The number of esters is 1. The minimum absolute atomic E-state index is 0.151. The van der Waals surface area contributed by atoms with Gasteiger partial charge in [-0.15, -0.1) is 0 Å². The Labute approximate surface area is 154 Å². The molecule has 1 aliphatic rings. The van der Waals surface area contributed by atoms with E-state index in [9.17, 15) is 13.2 Å². The first kappa shape index (κ1) is 20.0. The van der Waals surface area contributed by atoms with Crippen LogP contribution >= 0.6 is 11.6 Å². The Kier molecular flexibility index (Phi) is 7.10. The van der Waals surface area contributed by atoms with Crippen molar-refractivity contribution in [1.82, 2.24) is 4.31 Å². The molecule has 0 unspecified atom stereocenters. The molecule has 0 bridgehead atoms. The first-order chi connectivity index (χ1) is 11.9. The van der Waals surface area contributed by atoms with Crippen LogP contribution in [0.4, 0.5) is 0 Å². The van der Waals surface area contributed by atoms with Crippen molar-refractivity contribution in [2.24, 2.45) is 5.92 Å². The predicted molar refractivity (Wildman–Crippen MR) is 95.4 cm³/mol. The van der Waals surface area contributed by atoms with Gasteiger partial charge in [-0.2, -0.15) is 4.31 Å². The fourth-order valence-corrected chi connectivity index (χ4v) is 4.37. The number of hydrogen-bond donors (Lipinski definition) is 0. The number of ether oxygens (including phenoxy) is 2. The average Bonchev–Trinajstić information content (AvgIpc) is 2.61. The fraction of sp³-hybridized carbons (Fsp3) is 0.588. The average molecular weight is 390 g/mol. The summed E-state index contributed by atoms with van der Waals surface area (Å²) < 4.78 is 37.6. The van der Waals surface area contributed by atoms with Gasteiger partial charge < -0.3 is 9.47 Å². The van der Waals surface area contributed by atoms with Gasteiger partial charge in [-0.3, -0.25) is 4.79 Å². The fourth-order valence-electron chi connectivity index (χ4n) is 2.71. The highest BCUT2D eigenvalue weighted by molar-refractivity contribution is 7.89. The van der Waals surface area contributed by atoms with Gasteiger partial charge in [0.05, 0.1) is 29.0 Å². The van der Waals surface area contributed by atoms with Crippen LogP contribution in [0, 0.1) is 5.92 Å². The highest BCUT2D eigenvalue weighted by Crippen LogP contribution is 2.30. The lowest BCUT2D eigenvalue weighted by atomic mass is 9.98. The zero-order valence-corrected chi connectivity index (χ0v) is 16.1. The molecule has 0 amide bonds. The monoisotopic (exact) mass is 389 g/mol. The highest BCUT2D eigenvalue weighted by Gasteiger charge is 2.33. The Morgan fingerprint density at radius 3 is 2.56 bits per heavy atom. The third-order valence-corrected chi connectivity index (χ3v) is 6.28. The van der Waals surface area contributed by atoms with Gasteiger partial charge in [-0.05, 0) is 38.3 Å². The van der Waals surface area contributed by atoms with Gasteiger partial charge in [0, 0.05) is 19.2 Å². The lowest BCUT2D eigenvalue weighted by molar-refractivity contribution is -0.149. The Morgan fingerprint density at radius 2 is 1.96 bits per heavy atom. The van der Waals surface area contributed by atoms with Crippen LogP contribution in [-0.4, -0.2) is 45.0 Å². The number of rotatable bonds is 7. The van der Waals surface area contributed by atoms with Crippen LogP contribution in [0.5, 0.6) is 5.75 Å². The number of carbonyl (C=O) groups is 1. The molecule has 1 aromatic rings. The van der Waals surface area contributed by atoms with Crippen molar-refractivity contribution in [2.45, 2.75) is 38.0 Å². The van der Waals surface area contributed by atoms with Crippen LogP contribution in [0.2, 0.25) is 5.02 Å². The van der Waals surface area contributed by atoms with Crippen molar-refractivity contribution in [2.75, 3.05) is 26.3 Å². The first-order valence-electron chi connectivity index (χ1n) is 8.49. The number of benzene rings is 1. The molecule has 1 aliphatic heterocycles. The van der Waals surface area contributed by atoms with E-state index in [4.69, 9.17) is 21.1 Å². The number of hydrogen-bond acceptors (Lipinski definition) is 5. The summed E-state index contributed by atoms with van der Waals surface area (Å²) in [7, 11) is -3.65. The smallest absolute Gasteiger partial charge is 0.309 e. The molecule has 1 heterocycles. The lowest BCUT2D eigenvalue weighted by Crippen LogP contribution is -2.40. The summed E-state index contributed by atoms with van der Waals surface area (Å²) in [4.78, 5) is 11.9. The zero-order valence-electron chi connectivity index (χ0n) is 14.5. The summed E-state index contributed by atoms with van der Waals surface area (Å²) in [5.41, 5.74) is 0. The number of sulfonamides is 1. The molecule has 0 atom stereocenters. The van der Waals surface area contributed by atoms with Crippen molar-refractivity contribution >= 4 is 27.6 Å². The van der Waals surface area contributed by atoms with Crippen molar-refractivity contribution in [3.8, 4) is 5.75 Å². The SMILES string of the molecule is CCCOc1cc(S(=O)(=O)N2CCC(C(=O)OCC)CC2)ccc1Cl. The summed E-state index contributed by atoms with van der Waals surface area (Å²) in [6.45, 7) is 5.11. The third-order valence-electron chi connectivity index (χ3n) is 4.08. The van der Waals surface area contributed by atoms with E-state index in [2.05, 4.69) is 0 Å². The van der Waals surface area contributed by atoms with Gasteiger partial charge in [0.15, 0.2) is 0 Å². The van der Waals surface area contributed by atoms with E-state index in [-0.39, 0.29) is 16.8 Å². The highest BCUT2D eigenvalue weighted by atomic mass is 35.5. The van der Waals surface area contributed by atoms with Gasteiger partial charge >= 0.3 is 5.97 Å². The van der Waals surface area contributed by atoms with E-state index in [0.29, 0.717) is 49.9 Å². The standard InChI is InChI=1S/C17H24ClNO5S/c1-3-11-24-16-12-14(5-6-15(16)18)25(21,22)19-9-7-13(8-10-19)17(20)23-4-2/h5-6,12-13H,3-4,7-11H2,1-2H3. The van der Waals surface area contributed by atoms with Gasteiger partial charge in [0.25, 0.3) is 0 Å². The Hall–Kier alpha value is -1.31. The summed E-state index contributed by atoms with van der Waals surface area (Å²) in [6.07, 6.45) is 1.73. The predicted octanol–water partition coefficient (Wildman–Crippen LogP) is 3.09. The van der Waals surface area contributed by atoms with Crippen LogP contribution in [0.25, 0.3) is 0 Å². The minimum atomic E-state index is -3.65. The van der Waals surface area contributed by atoms with E-state index >= 15 is 0 Å². The first-order valence-corrected chi connectivity index (χ1v) is 10.3. The summed E-state index contributed by atoms with van der Waals surface area (Å²) in [6, 6.07) is 4.48. The molecule has 8 heteroatoms. The lowest BCUT2D eigenvalue weighted by Gasteiger charge is -2.30. The second-order valence-electron chi connectivity index (χ2n) is 5.87. The molecule has 140 valence electrons. The summed E-state index contributed by atoms with van der Waals surface area (Å²) >= 11 is 6.07. The van der Waals surface area contributed by atoms with Crippen molar-refractivity contribution in [3.05, 3.63) is 23.2 Å². The summed E-state index contributed by atoms with van der Waals surface area (Å²) in [5.74, 6) is -0.118. The number of halogens is 1. The topological polar surface area (TPSA) is 72.9 Å². The molecule has 0 N–H and O–H groups in total. The maximum absolute atomic E-state index is 12.8. The molecule has 1 aromatic carbocycles. The van der Waals surface area contributed by atoms with E-state index in [1.807, 2.05) is 6.92 Å². The van der Waals surface area contributed by atoms with E-state index in [0.717, 1.165) is 6.42 Å². The maximum atomic E-state index is 12.8. The van der Waals surface area contributed by atoms with E-state index < -0.39 is 10.0 Å². The Morgan fingerprint density at radius 1 is 1.28 bits per heavy atom. The van der Waals surface area contributed by atoms with Crippen LogP contribution in [0.15, 0.2) is 23.1 Å². The second-order valence-corrected chi connectivity index (χ2v) is 8.22. The molecule has 0 aliphatic carbocycles. The van der Waals surface area contributed by atoms with E-state index in [1.54, 1.807) is 6.92 Å². The van der Waals surface area contributed by atoms with Crippen LogP contribution < -0.4 is 4.74 Å². The molecule has 1 fully saturated rings. The zero-order chi connectivity index (χ0) is 18.4. The quantitative estimate of drug-likeness (QED) is 0.670. The molecule has 6 nitrogen and oxygen atoms in total. The van der Waals surface area contributed by atoms with E-state index in [1.165, 1.54) is 22.5 Å². The summed E-state index contributed by atoms with van der Waals surface area (Å²) in [5, 5.41) is 0.383. The third kappa shape index (κ3) is 4.86. The minimum Gasteiger partial charge on any atom is -0.492 e. The number of nitrogens with zero attached hydrogens (tertiary/aromatic N) is 1. The Balaban J connectivity index is 2.10. The van der Waals surface area contributed by atoms with Gasteiger partial charge in [0.2, 0.25) is 10.0 Å². The molecular formula is C17H24ClNO5S. The number of carbonyl (C=O) groups excluding carboxylic acids is 1. The molecule has 2 rings (SSSR count). The number of piperidine rings is 1.